The summed E-state index contributed by atoms with van der Waals surface area (Å²) in [5, 5.41) is 0. The average molecular weight is 389 g/mol. The van der Waals surface area contributed by atoms with Gasteiger partial charge in [-0.1, -0.05) is 70.9 Å². The number of carbonyl (C=O) groups is 1. The van der Waals surface area contributed by atoms with E-state index in [1.807, 2.05) is 6.92 Å². The first-order chi connectivity index (χ1) is 12.8. The Bertz CT molecular complexity index is 638. The molecule has 1 saturated heterocycles. The summed E-state index contributed by atoms with van der Waals surface area (Å²) >= 11 is 0. The van der Waals surface area contributed by atoms with Crippen molar-refractivity contribution in [2.45, 2.75) is 82.5 Å². The first-order valence-electron chi connectivity index (χ1n) is 10.6. The summed E-state index contributed by atoms with van der Waals surface area (Å²) in [5.41, 5.74) is 1.40. The van der Waals surface area contributed by atoms with Crippen molar-refractivity contribution >= 4 is 14.3 Å². The molecule has 1 aliphatic heterocycles. The third-order valence-corrected chi connectivity index (χ3v) is 12.4. The lowest BCUT2D eigenvalue weighted by Gasteiger charge is -2.51. The third kappa shape index (κ3) is 4.02. The second-order valence-electron chi connectivity index (χ2n) is 9.43. The fourth-order valence-electron chi connectivity index (χ4n) is 5.24. The minimum Gasteiger partial charge on any atom is -0.469 e. The highest BCUT2D eigenvalue weighted by atomic mass is 28.4. The molecular formula is C23H36O3Si. The van der Waals surface area contributed by atoms with Crippen LogP contribution >= 0.6 is 0 Å². The summed E-state index contributed by atoms with van der Waals surface area (Å²) in [4.78, 5) is 12.3. The number of benzene rings is 1. The van der Waals surface area contributed by atoms with E-state index < -0.39 is 8.32 Å². The number of hydrogen-bond acceptors (Lipinski definition) is 3. The van der Waals surface area contributed by atoms with Gasteiger partial charge in [0.1, 0.15) is 0 Å². The number of rotatable bonds is 6. The van der Waals surface area contributed by atoms with E-state index in [-0.39, 0.29) is 23.0 Å². The Hall–Kier alpha value is -1.13. The Labute approximate surface area is 166 Å². The van der Waals surface area contributed by atoms with E-state index in [1.54, 1.807) is 0 Å². The van der Waals surface area contributed by atoms with Crippen LogP contribution in [0, 0.1) is 11.8 Å². The molecule has 150 valence electrons. The molecular weight excluding hydrogens is 352 g/mol. The molecule has 3 nitrogen and oxygen atoms in total. The minimum atomic E-state index is -2.04. The van der Waals surface area contributed by atoms with E-state index in [9.17, 15) is 4.79 Å². The summed E-state index contributed by atoms with van der Waals surface area (Å²) in [6, 6.07) is 13.1. The molecule has 0 amide bonds. The summed E-state index contributed by atoms with van der Waals surface area (Å²) in [6.45, 7) is 9.14. The van der Waals surface area contributed by atoms with Crippen LogP contribution in [0.3, 0.4) is 0 Å². The van der Waals surface area contributed by atoms with Gasteiger partial charge in [-0.15, -0.1) is 0 Å². The van der Waals surface area contributed by atoms with Crippen molar-refractivity contribution in [1.29, 1.82) is 0 Å². The minimum absolute atomic E-state index is 0.0611. The summed E-state index contributed by atoms with van der Waals surface area (Å²) in [5.74, 6) is 1.10. The summed E-state index contributed by atoms with van der Waals surface area (Å²) in [7, 11) is -0.540. The molecule has 3 rings (SSSR count). The molecule has 1 aliphatic carbocycles. The zero-order chi connectivity index (χ0) is 19.7. The lowest BCUT2D eigenvalue weighted by Crippen LogP contribution is -2.56. The normalized spacial score (nSPS) is 28.9. The molecule has 1 aromatic rings. The SMILES string of the molecule is COC(=O)C(C)[Si]1(O[C@@H]2C[C@H](C)CC[C@H]2C(C)(C)c2ccccc2)CCC1. The van der Waals surface area contributed by atoms with E-state index in [4.69, 9.17) is 9.16 Å². The molecule has 0 N–H and O–H groups in total. The van der Waals surface area contributed by atoms with Crippen LogP contribution in [0.25, 0.3) is 0 Å². The van der Waals surface area contributed by atoms with E-state index in [2.05, 4.69) is 51.1 Å². The van der Waals surface area contributed by atoms with Crippen LogP contribution in [0.15, 0.2) is 30.3 Å². The lowest BCUT2D eigenvalue weighted by atomic mass is 9.64. The van der Waals surface area contributed by atoms with Crippen LogP contribution in [-0.4, -0.2) is 27.5 Å². The van der Waals surface area contributed by atoms with Crippen molar-refractivity contribution in [3.63, 3.8) is 0 Å². The van der Waals surface area contributed by atoms with Crippen LogP contribution in [0.5, 0.6) is 0 Å². The van der Waals surface area contributed by atoms with Crippen LogP contribution in [0.4, 0.5) is 0 Å². The van der Waals surface area contributed by atoms with E-state index in [0.29, 0.717) is 11.8 Å². The van der Waals surface area contributed by atoms with Crippen molar-refractivity contribution in [2.24, 2.45) is 11.8 Å². The molecule has 0 aromatic heterocycles. The molecule has 1 heterocycles. The predicted octanol–water partition coefficient (Wildman–Crippen LogP) is 5.70. The first kappa shape index (κ1) is 20.6. The van der Waals surface area contributed by atoms with Gasteiger partial charge in [-0.2, -0.15) is 0 Å². The van der Waals surface area contributed by atoms with Crippen LogP contribution in [-0.2, 0) is 19.4 Å². The van der Waals surface area contributed by atoms with Gasteiger partial charge < -0.3 is 9.16 Å². The zero-order valence-corrected chi connectivity index (χ0v) is 18.7. The van der Waals surface area contributed by atoms with Crippen molar-refractivity contribution < 1.29 is 14.0 Å². The van der Waals surface area contributed by atoms with Crippen molar-refractivity contribution in [3.8, 4) is 0 Å². The van der Waals surface area contributed by atoms with Gasteiger partial charge in [-0.25, -0.2) is 0 Å². The maximum atomic E-state index is 12.3. The lowest BCUT2D eigenvalue weighted by molar-refractivity contribution is -0.140. The topological polar surface area (TPSA) is 35.5 Å². The number of esters is 1. The molecule has 0 spiro atoms. The molecule has 2 fully saturated rings. The first-order valence-corrected chi connectivity index (χ1v) is 13.0. The molecule has 4 atom stereocenters. The molecule has 1 saturated carbocycles. The predicted molar refractivity (Wildman–Crippen MR) is 112 cm³/mol. The van der Waals surface area contributed by atoms with Gasteiger partial charge in [0.15, 0.2) is 0 Å². The molecule has 1 aromatic carbocycles. The number of hydrogen-bond donors (Lipinski definition) is 0. The standard InChI is InChI=1S/C23H36O3Si/c1-17-12-13-20(23(3,4)19-10-7-6-8-11-19)21(16-17)26-27(14-9-15-27)18(2)22(24)25-5/h6-8,10-11,17-18,20-21H,9,12-16H2,1-5H3/t17-,18?,20-,21-/m1/s1. The molecule has 0 radical (unpaired) electrons. The Morgan fingerprint density at radius 1 is 1.19 bits per heavy atom. The van der Waals surface area contributed by atoms with Crippen molar-refractivity contribution in [2.75, 3.05) is 7.11 Å². The van der Waals surface area contributed by atoms with Crippen LogP contribution in [0.1, 0.15) is 58.9 Å². The van der Waals surface area contributed by atoms with E-state index in [1.165, 1.54) is 31.9 Å². The Kier molecular flexibility index (Phi) is 6.16. The fraction of sp³-hybridized carbons (Fsp3) is 0.696. The number of methoxy groups -OCH3 is 1. The average Bonchev–Trinajstić information content (AvgIpc) is 2.64. The van der Waals surface area contributed by atoms with Gasteiger partial charge in [-0.3, -0.25) is 4.79 Å². The molecule has 0 bridgehead atoms. The molecule has 4 heteroatoms. The van der Waals surface area contributed by atoms with E-state index >= 15 is 0 Å². The van der Waals surface area contributed by atoms with Gasteiger partial charge in [0.25, 0.3) is 0 Å². The summed E-state index contributed by atoms with van der Waals surface area (Å²) in [6.07, 6.45) is 5.03. The Morgan fingerprint density at radius 3 is 2.41 bits per heavy atom. The Morgan fingerprint density at radius 2 is 1.85 bits per heavy atom. The van der Waals surface area contributed by atoms with Gasteiger partial charge in [0, 0.05) is 6.10 Å². The maximum absolute atomic E-state index is 12.3. The Balaban J connectivity index is 1.85. The highest BCUT2D eigenvalue weighted by molar-refractivity contribution is 6.80. The molecule has 1 unspecified atom stereocenters. The van der Waals surface area contributed by atoms with E-state index in [0.717, 1.165) is 18.5 Å². The zero-order valence-electron chi connectivity index (χ0n) is 17.7. The summed E-state index contributed by atoms with van der Waals surface area (Å²) < 4.78 is 12.1. The van der Waals surface area contributed by atoms with Gasteiger partial charge in [-0.05, 0) is 47.7 Å². The number of ether oxygens (including phenoxy) is 1. The largest absolute Gasteiger partial charge is 0.469 e. The van der Waals surface area contributed by atoms with Crippen LogP contribution in [0.2, 0.25) is 17.6 Å². The molecule has 27 heavy (non-hydrogen) atoms. The fourth-order valence-corrected chi connectivity index (χ4v) is 9.00. The highest BCUT2D eigenvalue weighted by Crippen LogP contribution is 2.49. The highest BCUT2D eigenvalue weighted by Gasteiger charge is 2.53. The van der Waals surface area contributed by atoms with Gasteiger partial charge in [0.2, 0.25) is 8.32 Å². The molecule has 2 aliphatic rings. The van der Waals surface area contributed by atoms with Gasteiger partial charge in [0.05, 0.1) is 12.7 Å². The smallest absolute Gasteiger partial charge is 0.307 e. The quantitative estimate of drug-likeness (QED) is 0.463. The maximum Gasteiger partial charge on any atom is 0.307 e. The van der Waals surface area contributed by atoms with Crippen molar-refractivity contribution in [1.82, 2.24) is 0 Å². The second kappa shape index (κ2) is 8.08. The monoisotopic (exact) mass is 388 g/mol. The number of carbonyl (C=O) groups excluding carboxylic acids is 1. The third-order valence-electron chi connectivity index (χ3n) is 7.43. The van der Waals surface area contributed by atoms with Crippen LogP contribution < -0.4 is 0 Å². The second-order valence-corrected chi connectivity index (χ2v) is 13.7. The van der Waals surface area contributed by atoms with Crippen molar-refractivity contribution in [3.05, 3.63) is 35.9 Å². The van der Waals surface area contributed by atoms with Gasteiger partial charge >= 0.3 is 5.97 Å².